The normalized spacial score (nSPS) is 27.0. The molecule has 1 aliphatic rings. The van der Waals surface area contributed by atoms with Crippen LogP contribution in [0, 0.1) is 11.8 Å². The standard InChI is InChI=1S/C13H21BrN2S/c1-2-9-3-5-10(6-4-9)12(16-15)13-11(14)7-8-17-13/h7-10,12,16H,2-6,15H2,1H3. The van der Waals surface area contributed by atoms with E-state index < -0.39 is 0 Å². The smallest absolute Gasteiger partial charge is 0.0592 e. The molecule has 3 N–H and O–H groups in total. The van der Waals surface area contributed by atoms with Gasteiger partial charge in [0.2, 0.25) is 0 Å². The van der Waals surface area contributed by atoms with Gasteiger partial charge in [-0.1, -0.05) is 26.2 Å². The average Bonchev–Trinajstić information content (AvgIpc) is 2.78. The summed E-state index contributed by atoms with van der Waals surface area (Å²) in [6, 6.07) is 2.43. The first kappa shape index (κ1) is 13.5. The molecule has 1 aromatic heterocycles. The van der Waals surface area contributed by atoms with Gasteiger partial charge in [0.1, 0.15) is 0 Å². The summed E-state index contributed by atoms with van der Waals surface area (Å²) >= 11 is 5.41. The fourth-order valence-corrected chi connectivity index (χ4v) is 4.66. The van der Waals surface area contributed by atoms with Gasteiger partial charge >= 0.3 is 0 Å². The Labute approximate surface area is 116 Å². The maximum atomic E-state index is 5.77. The van der Waals surface area contributed by atoms with E-state index in [1.54, 1.807) is 11.3 Å². The Morgan fingerprint density at radius 2 is 2.18 bits per heavy atom. The molecule has 0 amide bonds. The Bertz CT molecular complexity index is 345. The number of hydrogen-bond acceptors (Lipinski definition) is 3. The number of rotatable bonds is 4. The zero-order chi connectivity index (χ0) is 12.3. The summed E-state index contributed by atoms with van der Waals surface area (Å²) in [5.74, 6) is 7.40. The molecule has 4 heteroatoms. The van der Waals surface area contributed by atoms with Crippen LogP contribution in [0.2, 0.25) is 0 Å². The molecule has 1 saturated carbocycles. The van der Waals surface area contributed by atoms with E-state index in [0.717, 1.165) is 5.92 Å². The number of hydrazine groups is 1. The number of halogens is 1. The lowest BCUT2D eigenvalue weighted by molar-refractivity contribution is 0.221. The lowest BCUT2D eigenvalue weighted by Crippen LogP contribution is -2.35. The predicted molar refractivity (Wildman–Crippen MR) is 77.8 cm³/mol. The highest BCUT2D eigenvalue weighted by Gasteiger charge is 2.29. The molecule has 0 aromatic carbocycles. The monoisotopic (exact) mass is 316 g/mol. The van der Waals surface area contributed by atoms with E-state index in [0.29, 0.717) is 12.0 Å². The fraction of sp³-hybridized carbons (Fsp3) is 0.692. The van der Waals surface area contributed by atoms with E-state index in [-0.39, 0.29) is 0 Å². The summed E-state index contributed by atoms with van der Waals surface area (Å²) < 4.78 is 1.20. The van der Waals surface area contributed by atoms with Crippen molar-refractivity contribution in [3.8, 4) is 0 Å². The number of hydrogen-bond donors (Lipinski definition) is 2. The highest BCUT2D eigenvalue weighted by molar-refractivity contribution is 9.10. The molecular formula is C13H21BrN2S. The third-order valence-corrected chi connectivity index (χ3v) is 6.00. The molecular weight excluding hydrogens is 296 g/mol. The molecule has 0 spiro atoms. The van der Waals surface area contributed by atoms with E-state index in [4.69, 9.17) is 5.84 Å². The molecule has 96 valence electrons. The first-order chi connectivity index (χ1) is 8.26. The molecule has 0 aliphatic heterocycles. The van der Waals surface area contributed by atoms with Crippen molar-refractivity contribution in [2.24, 2.45) is 17.7 Å². The van der Waals surface area contributed by atoms with Crippen LogP contribution in [0.25, 0.3) is 0 Å². The van der Waals surface area contributed by atoms with E-state index >= 15 is 0 Å². The van der Waals surface area contributed by atoms with E-state index in [2.05, 4.69) is 39.7 Å². The first-order valence-electron chi connectivity index (χ1n) is 6.45. The Morgan fingerprint density at radius 1 is 1.47 bits per heavy atom. The van der Waals surface area contributed by atoms with Crippen molar-refractivity contribution >= 4 is 27.3 Å². The van der Waals surface area contributed by atoms with Crippen molar-refractivity contribution in [3.63, 3.8) is 0 Å². The van der Waals surface area contributed by atoms with E-state index in [9.17, 15) is 0 Å². The zero-order valence-corrected chi connectivity index (χ0v) is 12.7. The fourth-order valence-electron chi connectivity index (χ4n) is 2.88. The van der Waals surface area contributed by atoms with Crippen molar-refractivity contribution in [2.45, 2.75) is 45.1 Å². The van der Waals surface area contributed by atoms with Gasteiger partial charge in [-0.2, -0.15) is 0 Å². The van der Waals surface area contributed by atoms with Gasteiger partial charge in [0.05, 0.1) is 6.04 Å². The summed E-state index contributed by atoms with van der Waals surface area (Å²) in [5.41, 5.74) is 3.03. The van der Waals surface area contributed by atoms with E-state index in [1.165, 1.54) is 41.5 Å². The average molecular weight is 317 g/mol. The zero-order valence-electron chi connectivity index (χ0n) is 10.3. The van der Waals surface area contributed by atoms with Crippen molar-refractivity contribution in [1.29, 1.82) is 0 Å². The Hall–Kier alpha value is 0.100. The summed E-state index contributed by atoms with van der Waals surface area (Å²) in [4.78, 5) is 1.35. The van der Waals surface area contributed by atoms with Gasteiger partial charge in [-0.25, -0.2) is 0 Å². The second-order valence-corrected chi connectivity index (χ2v) is 6.77. The number of nitrogens with two attached hydrogens (primary N) is 1. The minimum Gasteiger partial charge on any atom is -0.271 e. The van der Waals surface area contributed by atoms with Crippen molar-refractivity contribution in [1.82, 2.24) is 5.43 Å². The molecule has 1 aromatic rings. The molecule has 1 unspecified atom stereocenters. The van der Waals surface area contributed by atoms with Crippen molar-refractivity contribution in [2.75, 3.05) is 0 Å². The molecule has 17 heavy (non-hydrogen) atoms. The van der Waals surface area contributed by atoms with Gasteiger partial charge in [-0.3, -0.25) is 11.3 Å². The SMILES string of the molecule is CCC1CCC(C(NN)c2sccc2Br)CC1. The highest BCUT2D eigenvalue weighted by Crippen LogP contribution is 2.41. The molecule has 0 bridgehead atoms. The van der Waals surface area contributed by atoms with Crippen molar-refractivity contribution < 1.29 is 0 Å². The highest BCUT2D eigenvalue weighted by atomic mass is 79.9. The topological polar surface area (TPSA) is 38.0 Å². The number of nitrogens with one attached hydrogen (secondary N) is 1. The minimum atomic E-state index is 0.321. The number of thiophene rings is 1. The predicted octanol–water partition coefficient (Wildman–Crippen LogP) is 4.23. The van der Waals surface area contributed by atoms with Gasteiger partial charge in [0, 0.05) is 9.35 Å². The van der Waals surface area contributed by atoms with Gasteiger partial charge in [-0.15, -0.1) is 11.3 Å². The minimum absolute atomic E-state index is 0.321. The van der Waals surface area contributed by atoms with Crippen LogP contribution < -0.4 is 11.3 Å². The maximum absolute atomic E-state index is 5.77. The summed E-state index contributed by atoms with van der Waals surface area (Å²) in [6.45, 7) is 2.31. The van der Waals surface area contributed by atoms with Crippen LogP contribution in [0.5, 0.6) is 0 Å². The molecule has 2 nitrogen and oxygen atoms in total. The van der Waals surface area contributed by atoms with Crippen LogP contribution in [-0.2, 0) is 0 Å². The van der Waals surface area contributed by atoms with Crippen LogP contribution >= 0.6 is 27.3 Å². The van der Waals surface area contributed by atoms with Crippen LogP contribution in [0.3, 0.4) is 0 Å². The van der Waals surface area contributed by atoms with Gasteiger partial charge < -0.3 is 0 Å². The second-order valence-electron chi connectivity index (χ2n) is 4.97. The van der Waals surface area contributed by atoms with Crippen LogP contribution in [-0.4, -0.2) is 0 Å². The molecule has 2 rings (SSSR count). The first-order valence-corrected chi connectivity index (χ1v) is 8.12. The van der Waals surface area contributed by atoms with Gasteiger partial charge in [-0.05, 0) is 52.1 Å². The van der Waals surface area contributed by atoms with Gasteiger partial charge in [0.15, 0.2) is 0 Å². The largest absolute Gasteiger partial charge is 0.271 e. The van der Waals surface area contributed by atoms with E-state index in [1.807, 2.05) is 0 Å². The van der Waals surface area contributed by atoms with Crippen LogP contribution in [0.15, 0.2) is 15.9 Å². The molecule has 1 aliphatic carbocycles. The summed E-state index contributed by atoms with van der Waals surface area (Å²) in [6.07, 6.45) is 6.66. The Kier molecular flexibility index (Phi) is 5.03. The molecule has 1 atom stereocenters. The van der Waals surface area contributed by atoms with Crippen LogP contribution in [0.1, 0.15) is 49.9 Å². The molecule has 1 fully saturated rings. The quantitative estimate of drug-likeness (QED) is 0.644. The van der Waals surface area contributed by atoms with Gasteiger partial charge in [0.25, 0.3) is 0 Å². The third kappa shape index (κ3) is 3.11. The maximum Gasteiger partial charge on any atom is 0.0592 e. The Balaban J connectivity index is 2.03. The summed E-state index contributed by atoms with van der Waals surface area (Å²) in [5, 5.41) is 2.13. The summed E-state index contributed by atoms with van der Waals surface area (Å²) in [7, 11) is 0. The lowest BCUT2D eigenvalue weighted by atomic mass is 9.77. The molecule has 1 heterocycles. The Morgan fingerprint density at radius 3 is 2.65 bits per heavy atom. The lowest BCUT2D eigenvalue weighted by Gasteiger charge is -2.33. The molecule has 0 saturated heterocycles. The van der Waals surface area contributed by atoms with Crippen molar-refractivity contribution in [3.05, 3.63) is 20.8 Å². The molecule has 0 radical (unpaired) electrons. The van der Waals surface area contributed by atoms with Crippen LogP contribution in [0.4, 0.5) is 0 Å². The third-order valence-electron chi connectivity index (χ3n) is 4.05. The second kappa shape index (κ2) is 6.32.